The van der Waals surface area contributed by atoms with Crippen molar-refractivity contribution in [3.63, 3.8) is 0 Å². The summed E-state index contributed by atoms with van der Waals surface area (Å²) in [7, 11) is 0. The van der Waals surface area contributed by atoms with Crippen molar-refractivity contribution in [1.29, 1.82) is 0 Å². The van der Waals surface area contributed by atoms with Crippen LogP contribution in [0.5, 0.6) is 0 Å². The van der Waals surface area contributed by atoms with Gasteiger partial charge in [-0.25, -0.2) is 4.98 Å². The summed E-state index contributed by atoms with van der Waals surface area (Å²) in [5.41, 5.74) is 0.384. The highest BCUT2D eigenvalue weighted by atomic mass is 32.1. The molecule has 0 unspecified atom stereocenters. The van der Waals surface area contributed by atoms with Crippen molar-refractivity contribution in [2.45, 2.75) is 51.6 Å². The van der Waals surface area contributed by atoms with Gasteiger partial charge in [-0.1, -0.05) is 0 Å². The monoisotopic (exact) mass is 253 g/mol. The van der Waals surface area contributed by atoms with Gasteiger partial charge in [-0.05, 0) is 39.5 Å². The fourth-order valence-electron chi connectivity index (χ4n) is 2.54. The number of hydrogen-bond donors (Lipinski definition) is 0. The van der Waals surface area contributed by atoms with Gasteiger partial charge in [0.05, 0.1) is 17.1 Å². The summed E-state index contributed by atoms with van der Waals surface area (Å²) in [5, 5.41) is 2.99. The molecule has 2 rings (SSSR count). The van der Waals surface area contributed by atoms with Crippen LogP contribution < -0.4 is 0 Å². The minimum Gasteiger partial charge on any atom is -0.367 e. The number of hydrogen-bond acceptors (Lipinski definition) is 4. The summed E-state index contributed by atoms with van der Waals surface area (Å²) < 4.78 is 5.76. The Morgan fingerprint density at radius 1 is 1.53 bits per heavy atom. The topological polar surface area (TPSA) is 39.2 Å². The van der Waals surface area contributed by atoms with E-state index in [0.717, 1.165) is 36.4 Å². The van der Waals surface area contributed by atoms with Crippen LogP contribution in [0.2, 0.25) is 0 Å². The van der Waals surface area contributed by atoms with Crippen LogP contribution in [0.4, 0.5) is 0 Å². The van der Waals surface area contributed by atoms with Crippen LogP contribution in [-0.2, 0) is 16.0 Å². The van der Waals surface area contributed by atoms with E-state index in [4.69, 9.17) is 4.74 Å². The van der Waals surface area contributed by atoms with Gasteiger partial charge >= 0.3 is 0 Å². The second kappa shape index (κ2) is 5.27. The minimum atomic E-state index is -0.508. The SMILES string of the molecule is CCOC1(C(=O)Cc2csc(C)n2)CCCC1. The molecule has 1 saturated carbocycles. The number of aryl methyl sites for hydroxylation is 1. The van der Waals surface area contributed by atoms with Gasteiger partial charge < -0.3 is 4.74 Å². The molecule has 0 N–H and O–H groups in total. The molecule has 0 bridgehead atoms. The summed E-state index contributed by atoms with van der Waals surface area (Å²) in [6.45, 7) is 4.54. The van der Waals surface area contributed by atoms with E-state index in [1.54, 1.807) is 11.3 Å². The lowest BCUT2D eigenvalue weighted by molar-refractivity contribution is -0.142. The van der Waals surface area contributed by atoms with Crippen LogP contribution >= 0.6 is 11.3 Å². The number of ketones is 1. The third-order valence-electron chi connectivity index (χ3n) is 3.35. The smallest absolute Gasteiger partial charge is 0.170 e. The molecule has 3 nitrogen and oxygen atoms in total. The molecule has 1 heterocycles. The van der Waals surface area contributed by atoms with Gasteiger partial charge in [0.1, 0.15) is 5.60 Å². The standard InChI is InChI=1S/C13H19NO2S/c1-3-16-13(6-4-5-7-13)12(15)8-11-9-17-10(2)14-11/h9H,3-8H2,1-2H3. The third-order valence-corrected chi connectivity index (χ3v) is 4.17. The van der Waals surface area contributed by atoms with Crippen LogP contribution in [-0.4, -0.2) is 23.0 Å². The van der Waals surface area contributed by atoms with Gasteiger partial charge in [-0.15, -0.1) is 11.3 Å². The fourth-order valence-corrected chi connectivity index (χ4v) is 3.15. The van der Waals surface area contributed by atoms with Gasteiger partial charge in [-0.3, -0.25) is 4.79 Å². The predicted molar refractivity (Wildman–Crippen MR) is 68.4 cm³/mol. The summed E-state index contributed by atoms with van der Waals surface area (Å²) in [6, 6.07) is 0. The number of Topliss-reactive ketones (excluding diaryl/α,β-unsaturated/α-hetero) is 1. The molecule has 0 spiro atoms. The Bertz CT molecular complexity index is 394. The third kappa shape index (κ3) is 2.75. The summed E-state index contributed by atoms with van der Waals surface area (Å²) >= 11 is 1.60. The molecule has 0 amide bonds. The first-order valence-corrected chi connectivity index (χ1v) is 7.12. The number of carbonyl (C=O) groups excluding carboxylic acids is 1. The normalized spacial score (nSPS) is 18.5. The molecule has 1 aliphatic carbocycles. The Balaban J connectivity index is 2.06. The van der Waals surface area contributed by atoms with Gasteiger partial charge in [0.15, 0.2) is 5.78 Å². The van der Waals surface area contributed by atoms with Crippen LogP contribution in [0.15, 0.2) is 5.38 Å². The number of rotatable bonds is 5. The van der Waals surface area contributed by atoms with Crippen LogP contribution in [0.3, 0.4) is 0 Å². The molecule has 0 aromatic carbocycles. The summed E-state index contributed by atoms with van der Waals surface area (Å²) in [6.07, 6.45) is 4.37. The molecule has 0 saturated heterocycles. The van der Waals surface area contributed by atoms with E-state index >= 15 is 0 Å². The van der Waals surface area contributed by atoms with Crippen molar-refractivity contribution in [3.05, 3.63) is 16.1 Å². The van der Waals surface area contributed by atoms with Crippen molar-refractivity contribution >= 4 is 17.1 Å². The van der Waals surface area contributed by atoms with E-state index in [9.17, 15) is 4.79 Å². The Hall–Kier alpha value is -0.740. The zero-order chi connectivity index (χ0) is 12.3. The van der Waals surface area contributed by atoms with Crippen LogP contribution in [0, 0.1) is 6.92 Å². The van der Waals surface area contributed by atoms with Gasteiger partial charge in [0, 0.05) is 12.0 Å². The Morgan fingerprint density at radius 3 is 2.76 bits per heavy atom. The molecule has 0 atom stereocenters. The molecule has 1 aromatic rings. The van der Waals surface area contributed by atoms with E-state index in [-0.39, 0.29) is 5.78 Å². The largest absolute Gasteiger partial charge is 0.367 e. The molecular weight excluding hydrogens is 234 g/mol. The van der Waals surface area contributed by atoms with E-state index in [2.05, 4.69) is 4.98 Å². The molecule has 1 aliphatic rings. The number of nitrogens with zero attached hydrogens (tertiary/aromatic N) is 1. The zero-order valence-electron chi connectivity index (χ0n) is 10.5. The highest BCUT2D eigenvalue weighted by Crippen LogP contribution is 2.35. The zero-order valence-corrected chi connectivity index (χ0v) is 11.3. The van der Waals surface area contributed by atoms with Crippen LogP contribution in [0.25, 0.3) is 0 Å². The second-order valence-corrected chi connectivity index (χ2v) is 5.65. The van der Waals surface area contributed by atoms with Crippen molar-refractivity contribution in [2.24, 2.45) is 0 Å². The van der Waals surface area contributed by atoms with E-state index in [1.807, 2.05) is 19.2 Å². The summed E-state index contributed by atoms with van der Waals surface area (Å²) in [4.78, 5) is 16.7. The molecule has 0 aliphatic heterocycles. The van der Waals surface area contributed by atoms with Crippen molar-refractivity contribution in [1.82, 2.24) is 4.98 Å². The first kappa shape index (κ1) is 12.7. The summed E-state index contributed by atoms with van der Waals surface area (Å²) in [5.74, 6) is 0.210. The van der Waals surface area contributed by atoms with Gasteiger partial charge in [0.25, 0.3) is 0 Å². The number of ether oxygens (including phenoxy) is 1. The first-order valence-electron chi connectivity index (χ1n) is 6.24. The maximum atomic E-state index is 12.4. The highest BCUT2D eigenvalue weighted by Gasteiger charge is 2.41. The Morgan fingerprint density at radius 2 is 2.24 bits per heavy atom. The second-order valence-electron chi connectivity index (χ2n) is 4.59. The van der Waals surface area contributed by atoms with Gasteiger partial charge in [-0.2, -0.15) is 0 Å². The van der Waals surface area contributed by atoms with Crippen molar-refractivity contribution in [3.8, 4) is 0 Å². The Labute approximate surface area is 106 Å². The van der Waals surface area contributed by atoms with Crippen LogP contribution in [0.1, 0.15) is 43.3 Å². The average Bonchev–Trinajstić information content (AvgIpc) is 2.89. The lowest BCUT2D eigenvalue weighted by Crippen LogP contribution is -2.40. The lowest BCUT2D eigenvalue weighted by atomic mass is 9.93. The highest BCUT2D eigenvalue weighted by molar-refractivity contribution is 7.09. The number of carbonyl (C=O) groups is 1. The lowest BCUT2D eigenvalue weighted by Gasteiger charge is -2.26. The maximum absolute atomic E-state index is 12.4. The maximum Gasteiger partial charge on any atom is 0.170 e. The molecule has 17 heavy (non-hydrogen) atoms. The minimum absolute atomic E-state index is 0.210. The Kier molecular flexibility index (Phi) is 3.94. The average molecular weight is 253 g/mol. The van der Waals surface area contributed by atoms with E-state index < -0.39 is 5.60 Å². The van der Waals surface area contributed by atoms with Crippen molar-refractivity contribution in [2.75, 3.05) is 6.61 Å². The number of thiazole rings is 1. The molecule has 0 radical (unpaired) electrons. The quantitative estimate of drug-likeness (QED) is 0.810. The van der Waals surface area contributed by atoms with E-state index in [0.29, 0.717) is 13.0 Å². The number of aromatic nitrogens is 1. The molecule has 1 aromatic heterocycles. The fraction of sp³-hybridized carbons (Fsp3) is 0.692. The molecular formula is C13H19NO2S. The first-order chi connectivity index (χ1) is 8.16. The van der Waals surface area contributed by atoms with Crippen molar-refractivity contribution < 1.29 is 9.53 Å². The molecule has 4 heteroatoms. The van der Waals surface area contributed by atoms with Gasteiger partial charge in [0.2, 0.25) is 0 Å². The molecule has 94 valence electrons. The molecule has 1 fully saturated rings. The van der Waals surface area contributed by atoms with E-state index in [1.165, 1.54) is 0 Å². The predicted octanol–water partition coefficient (Wildman–Crippen LogP) is 2.91.